The Balaban J connectivity index is 2.04. The maximum Gasteiger partial charge on any atom is 0.216 e. The number of oxazole rings is 1. The van der Waals surface area contributed by atoms with Gasteiger partial charge < -0.3 is 15.1 Å². The summed E-state index contributed by atoms with van der Waals surface area (Å²) in [5.41, 5.74) is 2.15. The van der Waals surface area contributed by atoms with Crippen molar-refractivity contribution in [1.82, 2.24) is 15.6 Å². The summed E-state index contributed by atoms with van der Waals surface area (Å²) in [6.45, 7) is 12.3. The van der Waals surface area contributed by atoms with Crippen LogP contribution in [0.1, 0.15) is 43.7 Å². The van der Waals surface area contributed by atoms with Crippen LogP contribution in [0.5, 0.6) is 0 Å². The summed E-state index contributed by atoms with van der Waals surface area (Å²) in [5.74, 6) is 2.25. The standard InChI is InChI=1S/C19H27BrN4O/c1-6-21-18(22-11-17-24-13(2)14(3)25-17)23-12-19(4,5)15-8-7-9-16(20)10-15/h7-10H,6,11-12H2,1-5H3,(H2,21,22,23). The second-order valence-corrected chi connectivity index (χ2v) is 7.61. The molecule has 0 aliphatic rings. The van der Waals surface area contributed by atoms with E-state index in [4.69, 9.17) is 4.42 Å². The van der Waals surface area contributed by atoms with E-state index >= 15 is 0 Å². The van der Waals surface area contributed by atoms with Crippen molar-refractivity contribution in [2.24, 2.45) is 4.99 Å². The fourth-order valence-electron chi connectivity index (χ4n) is 2.41. The van der Waals surface area contributed by atoms with E-state index in [1.807, 2.05) is 19.9 Å². The number of nitrogens with one attached hydrogen (secondary N) is 2. The Morgan fingerprint density at radius 3 is 2.64 bits per heavy atom. The van der Waals surface area contributed by atoms with Crippen molar-refractivity contribution < 1.29 is 4.42 Å². The predicted molar refractivity (Wildman–Crippen MR) is 106 cm³/mol. The van der Waals surface area contributed by atoms with E-state index in [2.05, 4.69) is 75.5 Å². The summed E-state index contributed by atoms with van der Waals surface area (Å²) in [5, 5.41) is 6.69. The molecule has 0 aliphatic heterocycles. The van der Waals surface area contributed by atoms with Gasteiger partial charge in [0.05, 0.1) is 5.69 Å². The van der Waals surface area contributed by atoms with Crippen molar-refractivity contribution in [3.8, 4) is 0 Å². The van der Waals surface area contributed by atoms with E-state index in [9.17, 15) is 0 Å². The third-order valence-corrected chi connectivity index (χ3v) is 4.59. The molecule has 0 amide bonds. The number of aliphatic imine (C=N–C) groups is 1. The molecule has 5 nitrogen and oxygen atoms in total. The van der Waals surface area contributed by atoms with Gasteiger partial charge in [-0.3, -0.25) is 0 Å². The van der Waals surface area contributed by atoms with E-state index in [0.717, 1.165) is 35.0 Å². The topological polar surface area (TPSA) is 62.5 Å². The predicted octanol–water partition coefficient (Wildman–Crippen LogP) is 4.09. The quantitative estimate of drug-likeness (QED) is 0.560. The molecule has 0 atom stereocenters. The first kappa shape index (κ1) is 19.5. The van der Waals surface area contributed by atoms with Crippen molar-refractivity contribution in [2.75, 3.05) is 13.1 Å². The summed E-state index contributed by atoms with van der Waals surface area (Å²) >= 11 is 3.54. The average Bonchev–Trinajstić information content (AvgIpc) is 2.88. The van der Waals surface area contributed by atoms with Crippen LogP contribution in [0.3, 0.4) is 0 Å². The largest absolute Gasteiger partial charge is 0.444 e. The van der Waals surface area contributed by atoms with E-state index in [1.54, 1.807) is 0 Å². The summed E-state index contributed by atoms with van der Waals surface area (Å²) in [6.07, 6.45) is 0. The van der Waals surface area contributed by atoms with Gasteiger partial charge >= 0.3 is 0 Å². The van der Waals surface area contributed by atoms with Gasteiger partial charge in [0.2, 0.25) is 5.89 Å². The lowest BCUT2D eigenvalue weighted by atomic mass is 9.85. The van der Waals surface area contributed by atoms with Gasteiger partial charge in [-0.2, -0.15) is 0 Å². The van der Waals surface area contributed by atoms with Crippen molar-refractivity contribution in [2.45, 2.75) is 46.6 Å². The van der Waals surface area contributed by atoms with Gasteiger partial charge in [-0.05, 0) is 38.5 Å². The number of benzene rings is 1. The molecule has 2 rings (SSSR count). The minimum Gasteiger partial charge on any atom is -0.444 e. The molecule has 136 valence electrons. The second-order valence-electron chi connectivity index (χ2n) is 6.69. The summed E-state index contributed by atoms with van der Waals surface area (Å²) in [6, 6.07) is 8.41. The van der Waals surface area contributed by atoms with E-state index in [1.165, 1.54) is 5.56 Å². The number of hydrogen-bond donors (Lipinski definition) is 2. The first-order chi connectivity index (χ1) is 11.8. The van der Waals surface area contributed by atoms with Crippen LogP contribution in [0, 0.1) is 13.8 Å². The van der Waals surface area contributed by atoms with Crippen molar-refractivity contribution in [3.63, 3.8) is 0 Å². The fourth-order valence-corrected chi connectivity index (χ4v) is 2.81. The molecule has 2 N–H and O–H groups in total. The number of aryl methyl sites for hydroxylation is 2. The smallest absolute Gasteiger partial charge is 0.216 e. The highest BCUT2D eigenvalue weighted by Crippen LogP contribution is 2.25. The Labute approximate surface area is 158 Å². The maximum atomic E-state index is 5.59. The SMILES string of the molecule is CCNC(=NCc1nc(C)c(C)o1)NCC(C)(C)c1cccc(Br)c1. The first-order valence-corrected chi connectivity index (χ1v) is 9.32. The Hall–Kier alpha value is -1.82. The van der Waals surface area contributed by atoms with Gasteiger partial charge in [0.25, 0.3) is 0 Å². The highest BCUT2D eigenvalue weighted by molar-refractivity contribution is 9.10. The Morgan fingerprint density at radius 1 is 1.28 bits per heavy atom. The maximum absolute atomic E-state index is 5.59. The second kappa shape index (κ2) is 8.52. The molecule has 1 aromatic heterocycles. The highest BCUT2D eigenvalue weighted by Gasteiger charge is 2.21. The number of halogens is 1. The van der Waals surface area contributed by atoms with E-state index in [0.29, 0.717) is 12.4 Å². The van der Waals surface area contributed by atoms with Crippen LogP contribution in [0.4, 0.5) is 0 Å². The Bertz CT molecular complexity index is 717. The zero-order valence-corrected chi connectivity index (χ0v) is 17.2. The van der Waals surface area contributed by atoms with Crippen molar-refractivity contribution in [1.29, 1.82) is 0 Å². The third-order valence-electron chi connectivity index (χ3n) is 4.09. The Morgan fingerprint density at radius 2 is 2.04 bits per heavy atom. The van der Waals surface area contributed by atoms with Crippen LogP contribution >= 0.6 is 15.9 Å². The van der Waals surface area contributed by atoms with Gasteiger partial charge in [0, 0.05) is 23.0 Å². The first-order valence-electron chi connectivity index (χ1n) is 8.53. The number of rotatable bonds is 6. The molecule has 1 aromatic carbocycles. The fraction of sp³-hybridized carbons (Fsp3) is 0.474. The monoisotopic (exact) mass is 406 g/mol. The molecule has 25 heavy (non-hydrogen) atoms. The summed E-state index contributed by atoms with van der Waals surface area (Å²) in [7, 11) is 0. The normalized spacial score (nSPS) is 12.3. The van der Waals surface area contributed by atoms with Crippen LogP contribution in [0.15, 0.2) is 38.1 Å². The molecule has 0 unspecified atom stereocenters. The zero-order valence-electron chi connectivity index (χ0n) is 15.6. The lowest BCUT2D eigenvalue weighted by molar-refractivity contribution is 0.471. The molecule has 0 fully saturated rings. The minimum atomic E-state index is -0.0317. The Kier molecular flexibility index (Phi) is 6.64. The number of nitrogens with zero attached hydrogens (tertiary/aromatic N) is 2. The summed E-state index contributed by atoms with van der Waals surface area (Å²) < 4.78 is 6.68. The van der Waals surface area contributed by atoms with Gasteiger partial charge in [-0.1, -0.05) is 41.9 Å². The number of guanidine groups is 1. The van der Waals surface area contributed by atoms with Gasteiger partial charge in [-0.15, -0.1) is 0 Å². The van der Waals surface area contributed by atoms with Gasteiger partial charge in [0.15, 0.2) is 5.96 Å². The molecule has 0 saturated heterocycles. The molecular weight excluding hydrogens is 380 g/mol. The lowest BCUT2D eigenvalue weighted by Crippen LogP contribution is -2.43. The molecule has 6 heteroatoms. The van der Waals surface area contributed by atoms with Crippen LogP contribution in [0.2, 0.25) is 0 Å². The number of aromatic nitrogens is 1. The highest BCUT2D eigenvalue weighted by atomic mass is 79.9. The molecule has 2 aromatic rings. The van der Waals surface area contributed by atoms with Crippen LogP contribution in [-0.4, -0.2) is 24.0 Å². The van der Waals surface area contributed by atoms with E-state index in [-0.39, 0.29) is 5.41 Å². The molecule has 0 spiro atoms. The average molecular weight is 407 g/mol. The molecule has 1 heterocycles. The van der Waals surface area contributed by atoms with E-state index < -0.39 is 0 Å². The van der Waals surface area contributed by atoms with Crippen LogP contribution in [-0.2, 0) is 12.0 Å². The van der Waals surface area contributed by atoms with Crippen molar-refractivity contribution >= 4 is 21.9 Å². The lowest BCUT2D eigenvalue weighted by Gasteiger charge is -2.27. The van der Waals surface area contributed by atoms with Crippen LogP contribution in [0.25, 0.3) is 0 Å². The van der Waals surface area contributed by atoms with Crippen LogP contribution < -0.4 is 10.6 Å². The minimum absolute atomic E-state index is 0.0317. The molecule has 0 bridgehead atoms. The molecular formula is C19H27BrN4O. The summed E-state index contributed by atoms with van der Waals surface area (Å²) in [4.78, 5) is 8.96. The molecule has 0 saturated carbocycles. The van der Waals surface area contributed by atoms with Gasteiger partial charge in [-0.25, -0.2) is 9.98 Å². The third kappa shape index (κ3) is 5.59. The number of hydrogen-bond acceptors (Lipinski definition) is 3. The zero-order chi connectivity index (χ0) is 18.4. The van der Waals surface area contributed by atoms with Crippen molar-refractivity contribution in [3.05, 3.63) is 51.6 Å². The molecule has 0 aliphatic carbocycles. The molecule has 0 radical (unpaired) electrons. The van der Waals surface area contributed by atoms with Gasteiger partial charge in [0.1, 0.15) is 12.3 Å².